The number of hydrogen-bond donors (Lipinski definition) is 2. The number of H-pyrrole nitrogens is 1. The molecule has 6 rings (SSSR count). The minimum atomic E-state index is -4.65. The molecule has 0 atom stereocenters. The van der Waals surface area contributed by atoms with Crippen molar-refractivity contribution in [1.29, 1.82) is 5.26 Å². The number of likely N-dealkylation sites (tertiary alicyclic amines) is 1. The van der Waals surface area contributed by atoms with Crippen LogP contribution in [0.1, 0.15) is 50.8 Å². The lowest BCUT2D eigenvalue weighted by molar-refractivity contribution is -0.141. The summed E-state index contributed by atoms with van der Waals surface area (Å²) < 4.78 is 48.2. The molecule has 5 heterocycles. The summed E-state index contributed by atoms with van der Waals surface area (Å²) in [5.74, 6) is -0.134. The summed E-state index contributed by atoms with van der Waals surface area (Å²) in [7, 11) is 0. The number of nitrogens with zero attached hydrogens (tertiary/aromatic N) is 7. The Hall–Kier alpha value is -4.28. The van der Waals surface area contributed by atoms with E-state index in [-0.39, 0.29) is 23.6 Å². The summed E-state index contributed by atoms with van der Waals surface area (Å²) in [5.41, 5.74) is -0.540. The predicted molar refractivity (Wildman–Crippen MR) is 151 cm³/mol. The Kier molecular flexibility index (Phi) is 7.22. The maximum absolute atomic E-state index is 13.5. The van der Waals surface area contributed by atoms with Gasteiger partial charge in [0, 0.05) is 54.6 Å². The molecule has 10 nitrogen and oxygen atoms in total. The number of pyridine rings is 1. The van der Waals surface area contributed by atoms with Gasteiger partial charge in [-0.3, -0.25) is 9.58 Å². The number of piperidine rings is 1. The van der Waals surface area contributed by atoms with Crippen LogP contribution in [0.5, 0.6) is 5.88 Å². The molecular weight excluding hydrogens is 561 g/mol. The monoisotopic (exact) mass is 592 g/mol. The van der Waals surface area contributed by atoms with Gasteiger partial charge in [0.1, 0.15) is 23.8 Å². The molecule has 2 N–H and O–H groups in total. The molecule has 4 aromatic heterocycles. The molecule has 0 spiro atoms. The minimum Gasteiger partial charge on any atom is -0.474 e. The van der Waals surface area contributed by atoms with Crippen molar-refractivity contribution in [2.75, 3.05) is 13.1 Å². The van der Waals surface area contributed by atoms with E-state index >= 15 is 0 Å². The SMILES string of the molecule is CC(C)(O)c1cc(OC2CCN(C3CC(/C=C/C#N)(n4cc(-c5ncnc6[nH]ccc56)cn4)C3)CC2)nc(C(F)(F)F)c1. The van der Waals surface area contributed by atoms with Crippen LogP contribution in [0.4, 0.5) is 13.2 Å². The van der Waals surface area contributed by atoms with Gasteiger partial charge in [-0.05, 0) is 63.3 Å². The van der Waals surface area contributed by atoms with Crippen LogP contribution in [-0.4, -0.2) is 65.0 Å². The van der Waals surface area contributed by atoms with Crippen molar-refractivity contribution in [1.82, 2.24) is 34.6 Å². The molecule has 1 saturated heterocycles. The Balaban J connectivity index is 1.12. The van der Waals surface area contributed by atoms with E-state index in [2.05, 4.69) is 36.0 Å². The van der Waals surface area contributed by atoms with Crippen molar-refractivity contribution >= 4 is 11.0 Å². The van der Waals surface area contributed by atoms with Crippen molar-refractivity contribution in [2.24, 2.45) is 0 Å². The summed E-state index contributed by atoms with van der Waals surface area (Å²) in [6.45, 7) is 4.27. The predicted octanol–water partition coefficient (Wildman–Crippen LogP) is 4.94. The Morgan fingerprint density at radius 1 is 1.19 bits per heavy atom. The summed E-state index contributed by atoms with van der Waals surface area (Å²) in [5, 5.41) is 25.1. The first-order valence-electron chi connectivity index (χ1n) is 14.1. The molecule has 13 heteroatoms. The number of nitrogens with one attached hydrogen (secondary N) is 1. The maximum atomic E-state index is 13.5. The van der Waals surface area contributed by atoms with Crippen LogP contribution in [0.15, 0.2) is 55.3 Å². The number of rotatable bonds is 7. The zero-order chi connectivity index (χ0) is 30.4. The fraction of sp³-hybridized carbons (Fsp3) is 0.433. The molecule has 0 unspecified atom stereocenters. The molecule has 1 saturated carbocycles. The van der Waals surface area contributed by atoms with E-state index < -0.39 is 23.0 Å². The van der Waals surface area contributed by atoms with Crippen LogP contribution in [0.25, 0.3) is 22.3 Å². The molecule has 2 aliphatic rings. The standard InChI is InChI=1S/C30H31F3N8O2/c1-28(2,42)20-12-24(30(31,32)33)39-25(13-20)43-22-5-10-40(11-6-22)21-14-29(15-21,7-3-8-34)41-17-19(16-38-41)26-23-4-9-35-27(23)37-18-36-26/h3-4,7,9,12-13,16-18,21-22,42H,5-6,10-11,14-15H2,1-2H3,(H,35,36,37)/b7-3+. The van der Waals surface area contributed by atoms with E-state index in [0.717, 1.165) is 41.2 Å². The van der Waals surface area contributed by atoms with Gasteiger partial charge in [-0.15, -0.1) is 0 Å². The highest BCUT2D eigenvalue weighted by Gasteiger charge is 2.48. The molecule has 0 aromatic carbocycles. The second-order valence-electron chi connectivity index (χ2n) is 11.8. The highest BCUT2D eigenvalue weighted by atomic mass is 19.4. The average molecular weight is 593 g/mol. The molecule has 224 valence electrons. The van der Waals surface area contributed by atoms with Gasteiger partial charge in [-0.1, -0.05) is 0 Å². The van der Waals surface area contributed by atoms with E-state index in [9.17, 15) is 23.5 Å². The molecule has 1 aliphatic heterocycles. The van der Waals surface area contributed by atoms with Crippen LogP contribution in [0.2, 0.25) is 0 Å². The number of hydrogen-bond acceptors (Lipinski definition) is 8. The highest BCUT2D eigenvalue weighted by molar-refractivity contribution is 5.90. The van der Waals surface area contributed by atoms with Crippen LogP contribution < -0.4 is 4.74 Å². The largest absolute Gasteiger partial charge is 0.474 e. The van der Waals surface area contributed by atoms with E-state index in [1.807, 2.05) is 29.2 Å². The van der Waals surface area contributed by atoms with Crippen molar-refractivity contribution in [3.8, 4) is 23.2 Å². The number of ether oxygens (including phenoxy) is 1. The minimum absolute atomic E-state index is 0.0949. The zero-order valence-electron chi connectivity index (χ0n) is 23.7. The topological polar surface area (TPSA) is 129 Å². The van der Waals surface area contributed by atoms with Gasteiger partial charge in [0.15, 0.2) is 0 Å². The van der Waals surface area contributed by atoms with Gasteiger partial charge in [0.2, 0.25) is 5.88 Å². The number of alkyl halides is 3. The first-order chi connectivity index (χ1) is 20.4. The second kappa shape index (κ2) is 10.8. The number of fused-ring (bicyclic) bond motifs is 1. The Bertz CT molecular complexity index is 1650. The molecule has 2 fully saturated rings. The van der Waals surface area contributed by atoms with Crippen LogP contribution in [0.3, 0.4) is 0 Å². The summed E-state index contributed by atoms with van der Waals surface area (Å²) >= 11 is 0. The lowest BCUT2D eigenvalue weighted by Gasteiger charge is -2.51. The Morgan fingerprint density at radius 3 is 2.65 bits per heavy atom. The first-order valence-corrected chi connectivity index (χ1v) is 14.1. The third kappa shape index (κ3) is 5.72. The van der Waals surface area contributed by atoms with Gasteiger partial charge in [-0.2, -0.15) is 23.5 Å². The quantitative estimate of drug-likeness (QED) is 0.289. The molecule has 0 bridgehead atoms. The summed E-state index contributed by atoms with van der Waals surface area (Å²) in [6.07, 6.45) is 8.27. The van der Waals surface area contributed by atoms with Gasteiger partial charge < -0.3 is 14.8 Å². The number of aromatic nitrogens is 6. The van der Waals surface area contributed by atoms with Crippen LogP contribution in [0, 0.1) is 11.3 Å². The number of nitriles is 1. The maximum Gasteiger partial charge on any atom is 0.433 e. The molecule has 4 aromatic rings. The van der Waals surface area contributed by atoms with E-state index in [0.29, 0.717) is 25.9 Å². The van der Waals surface area contributed by atoms with Crippen LogP contribution >= 0.6 is 0 Å². The van der Waals surface area contributed by atoms with Gasteiger partial charge in [-0.25, -0.2) is 15.0 Å². The molecule has 0 amide bonds. The summed E-state index contributed by atoms with van der Waals surface area (Å²) in [6, 6.07) is 6.52. The molecular formula is C30H31F3N8O2. The first kappa shape index (κ1) is 28.8. The Morgan fingerprint density at radius 2 is 1.95 bits per heavy atom. The van der Waals surface area contributed by atoms with Crippen molar-refractivity contribution in [2.45, 2.75) is 69.0 Å². The van der Waals surface area contributed by atoms with Gasteiger partial charge >= 0.3 is 6.18 Å². The third-order valence-corrected chi connectivity index (χ3v) is 8.39. The van der Waals surface area contributed by atoms with Crippen molar-refractivity contribution in [3.63, 3.8) is 0 Å². The van der Waals surface area contributed by atoms with Gasteiger partial charge in [0.25, 0.3) is 0 Å². The molecule has 0 radical (unpaired) electrons. The smallest absolute Gasteiger partial charge is 0.433 e. The zero-order valence-corrected chi connectivity index (χ0v) is 23.7. The fourth-order valence-electron chi connectivity index (χ4n) is 5.99. The highest BCUT2D eigenvalue weighted by Crippen LogP contribution is 2.45. The third-order valence-electron chi connectivity index (χ3n) is 8.39. The van der Waals surface area contributed by atoms with Gasteiger partial charge in [0.05, 0.1) is 29.1 Å². The second-order valence-corrected chi connectivity index (χ2v) is 11.8. The molecule has 1 aliphatic carbocycles. The number of aromatic amines is 1. The number of aliphatic hydroxyl groups is 1. The van der Waals surface area contributed by atoms with Crippen molar-refractivity contribution < 1.29 is 23.0 Å². The number of halogens is 3. The Labute approximate surface area is 245 Å². The number of allylic oxidation sites excluding steroid dienone is 2. The van der Waals surface area contributed by atoms with E-state index in [4.69, 9.17) is 4.74 Å². The average Bonchev–Trinajstić information content (AvgIpc) is 3.63. The van der Waals surface area contributed by atoms with E-state index in [1.54, 1.807) is 6.20 Å². The lowest BCUT2D eigenvalue weighted by Crippen LogP contribution is -2.57. The fourth-order valence-corrected chi connectivity index (χ4v) is 5.99. The molecule has 43 heavy (non-hydrogen) atoms. The summed E-state index contributed by atoms with van der Waals surface area (Å²) in [4.78, 5) is 17.9. The normalized spacial score (nSPS) is 22.1. The van der Waals surface area contributed by atoms with Crippen molar-refractivity contribution in [3.05, 3.63) is 66.5 Å². The van der Waals surface area contributed by atoms with E-state index in [1.165, 1.54) is 32.3 Å². The lowest BCUT2D eigenvalue weighted by atomic mass is 9.71. The van der Waals surface area contributed by atoms with Crippen LogP contribution in [-0.2, 0) is 17.3 Å².